The van der Waals surface area contributed by atoms with Gasteiger partial charge in [-0.05, 0) is 18.2 Å². The zero-order valence-electron chi connectivity index (χ0n) is 12.9. The first-order chi connectivity index (χ1) is 10.9. The van der Waals surface area contributed by atoms with Crippen molar-refractivity contribution in [2.75, 3.05) is 51.8 Å². The van der Waals surface area contributed by atoms with Gasteiger partial charge in [-0.1, -0.05) is 0 Å². The van der Waals surface area contributed by atoms with E-state index in [0.29, 0.717) is 12.2 Å². The number of rotatable bonds is 6. The number of nitrogens with one attached hydrogen (secondary N) is 1. The molecule has 0 aromatic heterocycles. The Morgan fingerprint density at radius 2 is 2.09 bits per heavy atom. The largest absolute Gasteiger partial charge is 0.465 e. The number of benzene rings is 1. The number of morpholine rings is 1. The average molecular weight is 343 g/mol. The molecule has 8 nitrogen and oxygen atoms in total. The smallest absolute Gasteiger partial charge is 0.340 e. The first kappa shape index (κ1) is 17.7. The van der Waals surface area contributed by atoms with Crippen LogP contribution in [0.1, 0.15) is 10.4 Å². The Bertz CT molecular complexity index is 656. The summed E-state index contributed by atoms with van der Waals surface area (Å²) in [5, 5.41) is 8.23. The number of methoxy groups -OCH3 is 1. The van der Waals surface area contributed by atoms with E-state index in [1.54, 1.807) is 0 Å². The lowest BCUT2D eigenvalue weighted by molar-refractivity contribution is 0.0398. The predicted octanol–water partition coefficient (Wildman–Crippen LogP) is -0.135. The monoisotopic (exact) mass is 343 g/mol. The normalized spacial score (nSPS) is 16.1. The highest BCUT2D eigenvalue weighted by Crippen LogP contribution is 2.20. The molecule has 1 saturated heterocycles. The van der Waals surface area contributed by atoms with Crippen LogP contribution in [0.3, 0.4) is 0 Å². The fourth-order valence-corrected chi connectivity index (χ4v) is 2.85. The van der Waals surface area contributed by atoms with Crippen LogP contribution in [0.5, 0.6) is 0 Å². The summed E-state index contributed by atoms with van der Waals surface area (Å²) in [5.74, 6) is -0.621. The van der Waals surface area contributed by atoms with E-state index in [1.807, 2.05) is 0 Å². The maximum Gasteiger partial charge on any atom is 0.340 e. The second-order valence-corrected chi connectivity index (χ2v) is 6.69. The molecule has 128 valence electrons. The van der Waals surface area contributed by atoms with Gasteiger partial charge in [-0.15, -0.1) is 0 Å². The molecule has 2 rings (SSSR count). The Morgan fingerprint density at radius 3 is 2.70 bits per heavy atom. The van der Waals surface area contributed by atoms with Crippen LogP contribution in [0, 0.1) is 0 Å². The van der Waals surface area contributed by atoms with E-state index >= 15 is 0 Å². The number of hydrogen-bond donors (Lipinski definition) is 2. The van der Waals surface area contributed by atoms with Gasteiger partial charge in [-0.25, -0.2) is 18.4 Å². The minimum atomic E-state index is -3.88. The van der Waals surface area contributed by atoms with Crippen LogP contribution in [-0.4, -0.2) is 65.8 Å². The molecule has 0 spiro atoms. The highest BCUT2D eigenvalue weighted by molar-refractivity contribution is 7.89. The van der Waals surface area contributed by atoms with Gasteiger partial charge in [-0.3, -0.25) is 4.90 Å². The number of nitrogens with zero attached hydrogens (tertiary/aromatic N) is 1. The molecular formula is C14H21N3O5S. The maximum atomic E-state index is 11.9. The molecule has 1 aromatic carbocycles. The minimum Gasteiger partial charge on any atom is -0.465 e. The topological polar surface area (TPSA) is 111 Å². The van der Waals surface area contributed by atoms with Crippen molar-refractivity contribution in [1.82, 2.24) is 4.90 Å². The van der Waals surface area contributed by atoms with Crippen molar-refractivity contribution < 1.29 is 22.7 Å². The van der Waals surface area contributed by atoms with Crippen molar-refractivity contribution in [1.29, 1.82) is 0 Å². The molecular weight excluding hydrogens is 322 g/mol. The van der Waals surface area contributed by atoms with Crippen LogP contribution in [0.4, 0.5) is 5.69 Å². The van der Waals surface area contributed by atoms with Crippen LogP contribution >= 0.6 is 0 Å². The van der Waals surface area contributed by atoms with Crippen molar-refractivity contribution >= 4 is 21.7 Å². The molecule has 1 heterocycles. The highest BCUT2D eigenvalue weighted by Gasteiger charge is 2.17. The summed E-state index contributed by atoms with van der Waals surface area (Å²) in [7, 11) is -2.64. The molecule has 1 aliphatic heterocycles. The summed E-state index contributed by atoms with van der Waals surface area (Å²) in [6.45, 7) is 4.58. The summed E-state index contributed by atoms with van der Waals surface area (Å²) in [4.78, 5) is 14.0. The molecule has 3 N–H and O–H groups in total. The third kappa shape index (κ3) is 4.90. The summed E-state index contributed by atoms with van der Waals surface area (Å²) >= 11 is 0. The van der Waals surface area contributed by atoms with E-state index in [0.717, 1.165) is 32.8 Å². The third-order valence-corrected chi connectivity index (χ3v) is 4.48. The van der Waals surface area contributed by atoms with E-state index in [4.69, 9.17) is 14.6 Å². The van der Waals surface area contributed by atoms with Gasteiger partial charge in [-0.2, -0.15) is 0 Å². The molecule has 1 aromatic rings. The number of nitrogens with two attached hydrogens (primary N) is 1. The quantitative estimate of drug-likeness (QED) is 0.692. The number of sulfonamides is 1. The van der Waals surface area contributed by atoms with E-state index in [-0.39, 0.29) is 10.5 Å². The molecule has 1 fully saturated rings. The molecule has 1 aliphatic rings. The SMILES string of the molecule is COC(=O)c1cc(S(N)(=O)=O)ccc1NCCN1CCOCC1. The Morgan fingerprint density at radius 1 is 1.39 bits per heavy atom. The minimum absolute atomic E-state index is 0.128. The van der Waals surface area contributed by atoms with Crippen molar-refractivity contribution in [2.24, 2.45) is 5.14 Å². The fraction of sp³-hybridized carbons (Fsp3) is 0.500. The van der Waals surface area contributed by atoms with E-state index < -0.39 is 16.0 Å². The van der Waals surface area contributed by atoms with Crippen LogP contribution in [0.25, 0.3) is 0 Å². The van der Waals surface area contributed by atoms with E-state index in [2.05, 4.69) is 10.2 Å². The van der Waals surface area contributed by atoms with Gasteiger partial charge in [0.05, 0.1) is 30.8 Å². The van der Waals surface area contributed by atoms with Gasteiger partial charge >= 0.3 is 5.97 Å². The first-order valence-electron chi connectivity index (χ1n) is 7.21. The standard InChI is InChI=1S/C14H21N3O5S/c1-21-14(18)12-10-11(23(15,19)20)2-3-13(12)16-4-5-17-6-8-22-9-7-17/h2-3,10,16H,4-9H2,1H3,(H2,15,19,20). The maximum absolute atomic E-state index is 11.9. The van der Waals surface area contributed by atoms with Gasteiger partial charge in [0.2, 0.25) is 10.0 Å². The Labute approximate surface area is 135 Å². The number of hydrogen-bond acceptors (Lipinski definition) is 7. The average Bonchev–Trinajstić information content (AvgIpc) is 2.54. The van der Waals surface area contributed by atoms with Crippen LogP contribution in [0.2, 0.25) is 0 Å². The Balaban J connectivity index is 2.08. The van der Waals surface area contributed by atoms with Gasteiger partial charge in [0, 0.05) is 31.9 Å². The van der Waals surface area contributed by atoms with Crippen molar-refractivity contribution in [3.8, 4) is 0 Å². The zero-order valence-corrected chi connectivity index (χ0v) is 13.8. The number of ether oxygens (including phenoxy) is 2. The molecule has 23 heavy (non-hydrogen) atoms. The molecule has 0 radical (unpaired) electrons. The van der Waals surface area contributed by atoms with E-state index in [9.17, 15) is 13.2 Å². The lowest BCUT2D eigenvalue weighted by Gasteiger charge is -2.26. The fourth-order valence-electron chi connectivity index (χ4n) is 2.31. The lowest BCUT2D eigenvalue weighted by Crippen LogP contribution is -2.39. The molecule has 0 aliphatic carbocycles. The lowest BCUT2D eigenvalue weighted by atomic mass is 10.2. The van der Waals surface area contributed by atoms with Crippen LogP contribution < -0.4 is 10.5 Å². The number of carbonyl (C=O) groups excluding carboxylic acids is 1. The van der Waals surface area contributed by atoms with Crippen molar-refractivity contribution in [2.45, 2.75) is 4.90 Å². The summed E-state index contributed by atoms with van der Waals surface area (Å²) in [6.07, 6.45) is 0. The van der Waals surface area contributed by atoms with E-state index in [1.165, 1.54) is 25.3 Å². The number of esters is 1. The summed E-state index contributed by atoms with van der Waals surface area (Å²) in [6, 6.07) is 4.10. The van der Waals surface area contributed by atoms with Gasteiger partial charge in [0.1, 0.15) is 0 Å². The van der Waals surface area contributed by atoms with Crippen LogP contribution in [0.15, 0.2) is 23.1 Å². The second-order valence-electron chi connectivity index (χ2n) is 5.12. The van der Waals surface area contributed by atoms with Crippen molar-refractivity contribution in [3.05, 3.63) is 23.8 Å². The molecule has 0 unspecified atom stereocenters. The molecule has 0 atom stereocenters. The number of primary sulfonamides is 1. The highest BCUT2D eigenvalue weighted by atomic mass is 32.2. The predicted molar refractivity (Wildman–Crippen MR) is 84.9 cm³/mol. The van der Waals surface area contributed by atoms with Gasteiger partial charge in [0.15, 0.2) is 0 Å². The molecule has 0 amide bonds. The Kier molecular flexibility index (Phi) is 5.94. The van der Waals surface area contributed by atoms with Crippen LogP contribution in [-0.2, 0) is 19.5 Å². The number of carbonyl (C=O) groups is 1. The first-order valence-corrected chi connectivity index (χ1v) is 8.75. The van der Waals surface area contributed by atoms with Gasteiger partial charge in [0.25, 0.3) is 0 Å². The molecule has 9 heteroatoms. The zero-order chi connectivity index (χ0) is 16.9. The third-order valence-electron chi connectivity index (χ3n) is 3.57. The molecule has 0 bridgehead atoms. The van der Waals surface area contributed by atoms with Gasteiger partial charge < -0.3 is 14.8 Å². The van der Waals surface area contributed by atoms with Crippen molar-refractivity contribution in [3.63, 3.8) is 0 Å². The number of anilines is 1. The second kappa shape index (κ2) is 7.73. The summed E-state index contributed by atoms with van der Waals surface area (Å²) in [5.41, 5.74) is 0.651. The molecule has 0 saturated carbocycles. The summed E-state index contributed by atoms with van der Waals surface area (Å²) < 4.78 is 32.8. The Hall–Kier alpha value is -1.68.